The molecule has 8 heteroatoms. The number of nitrogen functional groups attached to an aromatic ring is 1. The first kappa shape index (κ1) is 19.1. The van der Waals surface area contributed by atoms with Gasteiger partial charge in [0, 0.05) is 41.8 Å². The maximum absolute atomic E-state index is 7.23. The zero-order valence-electron chi connectivity index (χ0n) is 15.2. The maximum atomic E-state index is 7.23. The van der Waals surface area contributed by atoms with Gasteiger partial charge in [-0.25, -0.2) is 4.98 Å². The highest BCUT2D eigenvalue weighted by molar-refractivity contribution is 6.31. The van der Waals surface area contributed by atoms with E-state index in [2.05, 4.69) is 14.9 Å². The third kappa shape index (κ3) is 4.37. The van der Waals surface area contributed by atoms with Crippen molar-refractivity contribution in [1.82, 2.24) is 9.97 Å². The maximum Gasteiger partial charge on any atom is 0.222 e. The number of nitrogens with zero attached hydrogens (tertiary/aromatic N) is 3. The van der Waals surface area contributed by atoms with Gasteiger partial charge < -0.3 is 26.5 Å². The summed E-state index contributed by atoms with van der Waals surface area (Å²) in [7, 11) is 0. The molecule has 1 aliphatic rings. The highest BCUT2D eigenvalue weighted by atomic mass is 35.5. The molecule has 1 aromatic carbocycles. The molecule has 1 fully saturated rings. The lowest BCUT2D eigenvalue weighted by molar-refractivity contribution is 0.134. The summed E-state index contributed by atoms with van der Waals surface area (Å²) >= 11 is 6.54. The Kier molecular flexibility index (Phi) is 5.93. The van der Waals surface area contributed by atoms with Crippen molar-refractivity contribution < 1.29 is 4.74 Å². The summed E-state index contributed by atoms with van der Waals surface area (Å²) in [4.78, 5) is 10.7. The fourth-order valence-corrected chi connectivity index (χ4v) is 3.44. The average Bonchev–Trinajstić information content (AvgIpc) is 2.87. The van der Waals surface area contributed by atoms with Crippen LogP contribution in [-0.2, 0) is 4.74 Å². The van der Waals surface area contributed by atoms with Crippen LogP contribution >= 0.6 is 11.6 Å². The van der Waals surface area contributed by atoms with Gasteiger partial charge in [0.2, 0.25) is 5.95 Å². The van der Waals surface area contributed by atoms with E-state index in [0.717, 1.165) is 41.8 Å². The Morgan fingerprint density at radius 2 is 2.19 bits per heavy atom. The Morgan fingerprint density at radius 1 is 1.37 bits per heavy atom. The summed E-state index contributed by atoms with van der Waals surface area (Å²) in [6.07, 6.45) is 3.58. The van der Waals surface area contributed by atoms with E-state index in [9.17, 15) is 0 Å². The molecule has 0 bridgehead atoms. The Bertz CT molecular complexity index is 849. The molecule has 0 spiro atoms. The van der Waals surface area contributed by atoms with E-state index in [1.807, 2.05) is 31.2 Å². The first-order chi connectivity index (χ1) is 13.0. The minimum absolute atomic E-state index is 0.138. The Hall–Kier alpha value is -2.64. The zero-order valence-corrected chi connectivity index (χ0v) is 15.9. The van der Waals surface area contributed by atoms with Crippen LogP contribution in [0.25, 0.3) is 5.70 Å². The van der Waals surface area contributed by atoms with E-state index in [4.69, 9.17) is 33.2 Å². The van der Waals surface area contributed by atoms with Crippen molar-refractivity contribution in [1.29, 1.82) is 5.41 Å². The quantitative estimate of drug-likeness (QED) is 0.696. The molecule has 2 aromatic rings. The number of nitrogens with two attached hydrogens (primary N) is 2. The second kappa shape index (κ2) is 8.37. The van der Waals surface area contributed by atoms with Crippen molar-refractivity contribution >= 4 is 35.3 Å². The van der Waals surface area contributed by atoms with E-state index in [1.54, 1.807) is 6.08 Å². The predicted octanol–water partition coefficient (Wildman–Crippen LogP) is 2.94. The lowest BCUT2D eigenvalue weighted by Crippen LogP contribution is -2.32. The molecule has 0 radical (unpaired) electrons. The number of rotatable bonds is 4. The Balaban J connectivity index is 2.07. The molecular weight excluding hydrogens is 364 g/mol. The van der Waals surface area contributed by atoms with Crippen molar-refractivity contribution in [3.8, 4) is 0 Å². The van der Waals surface area contributed by atoms with Gasteiger partial charge in [-0.1, -0.05) is 17.7 Å². The summed E-state index contributed by atoms with van der Waals surface area (Å²) in [6.45, 7) is 3.79. The number of hydrogen-bond donors (Lipinski definition) is 3. The number of nitrogens with one attached hydrogen (secondary N) is 1. The monoisotopic (exact) mass is 386 g/mol. The van der Waals surface area contributed by atoms with Gasteiger partial charge in [-0.15, -0.1) is 0 Å². The molecule has 0 amide bonds. The molecular formula is C19H23ClN6O. The summed E-state index contributed by atoms with van der Waals surface area (Å²) < 4.78 is 5.82. The van der Waals surface area contributed by atoms with E-state index in [0.29, 0.717) is 23.9 Å². The van der Waals surface area contributed by atoms with E-state index in [1.165, 1.54) is 0 Å². The van der Waals surface area contributed by atoms with Crippen LogP contribution in [0, 0.1) is 12.3 Å². The zero-order chi connectivity index (χ0) is 19.4. The number of aromatic nitrogens is 2. The molecule has 5 N–H and O–H groups in total. The number of ether oxygens (including phenoxy) is 1. The minimum Gasteiger partial charge on any atom is -0.398 e. The fourth-order valence-electron chi connectivity index (χ4n) is 3.20. The van der Waals surface area contributed by atoms with Crippen molar-refractivity contribution in [3.63, 3.8) is 0 Å². The van der Waals surface area contributed by atoms with Crippen molar-refractivity contribution in [3.05, 3.63) is 52.2 Å². The van der Waals surface area contributed by atoms with Crippen molar-refractivity contribution in [2.24, 2.45) is 5.73 Å². The van der Waals surface area contributed by atoms with Crippen LogP contribution in [0.2, 0.25) is 5.02 Å². The molecule has 3 rings (SSSR count). The second-order valence-corrected chi connectivity index (χ2v) is 6.80. The Labute approximate surface area is 163 Å². The largest absolute Gasteiger partial charge is 0.398 e. The first-order valence-corrected chi connectivity index (χ1v) is 9.09. The Morgan fingerprint density at radius 3 is 2.93 bits per heavy atom. The third-order valence-corrected chi connectivity index (χ3v) is 4.79. The van der Waals surface area contributed by atoms with Crippen LogP contribution in [-0.4, -0.2) is 35.9 Å². The smallest absolute Gasteiger partial charge is 0.222 e. The van der Waals surface area contributed by atoms with Crippen LogP contribution in [0.1, 0.15) is 29.3 Å². The van der Waals surface area contributed by atoms with Gasteiger partial charge in [-0.2, -0.15) is 4.98 Å². The highest BCUT2D eigenvalue weighted by Crippen LogP contribution is 2.34. The summed E-state index contributed by atoms with van der Waals surface area (Å²) in [5.41, 5.74) is 14.9. The van der Waals surface area contributed by atoms with E-state index in [-0.39, 0.29) is 12.0 Å². The van der Waals surface area contributed by atoms with Crippen LogP contribution < -0.4 is 16.4 Å². The normalized spacial score (nSPS) is 18.2. The standard InChI is InChI=1S/C19H23ClN6O/c1-12-9-18(25-19(23)24-12)26-7-2-8-27-11-17(26)14-10-13(3-4-15(14)20)16(22)5-6-21/h3-6,9-10,17,21H,2,7-8,11,22H2,1H3,(H2,23,24,25)/b16-5-,21-6?. The summed E-state index contributed by atoms with van der Waals surface area (Å²) in [6, 6.07) is 7.38. The SMILES string of the molecule is Cc1cc(N2CCCOCC2c2cc(/C(N)=C/C=N)ccc2Cl)nc(N)n1. The molecule has 1 atom stereocenters. The third-order valence-electron chi connectivity index (χ3n) is 4.44. The topological polar surface area (TPSA) is 114 Å². The highest BCUT2D eigenvalue weighted by Gasteiger charge is 2.27. The molecule has 1 saturated heterocycles. The van der Waals surface area contributed by atoms with E-state index >= 15 is 0 Å². The molecule has 2 heterocycles. The lowest BCUT2D eigenvalue weighted by atomic mass is 10.0. The average molecular weight is 387 g/mol. The van der Waals surface area contributed by atoms with Crippen molar-refractivity contribution in [2.75, 3.05) is 30.4 Å². The minimum atomic E-state index is -0.138. The molecule has 0 saturated carbocycles. The predicted molar refractivity (Wildman–Crippen MR) is 109 cm³/mol. The molecule has 1 aliphatic heterocycles. The molecule has 1 aromatic heterocycles. The second-order valence-electron chi connectivity index (χ2n) is 6.39. The van der Waals surface area contributed by atoms with Gasteiger partial charge in [-0.05, 0) is 42.7 Å². The molecule has 27 heavy (non-hydrogen) atoms. The van der Waals surface area contributed by atoms with Gasteiger partial charge in [0.05, 0.1) is 12.6 Å². The van der Waals surface area contributed by atoms with Gasteiger partial charge in [0.25, 0.3) is 0 Å². The number of allylic oxidation sites excluding steroid dienone is 1. The van der Waals surface area contributed by atoms with Crippen LogP contribution in [0.15, 0.2) is 30.3 Å². The summed E-state index contributed by atoms with van der Waals surface area (Å²) in [5.74, 6) is 0.992. The number of hydrogen-bond acceptors (Lipinski definition) is 7. The molecule has 1 unspecified atom stereocenters. The number of aryl methyl sites for hydroxylation is 1. The molecule has 7 nitrogen and oxygen atoms in total. The number of benzene rings is 1. The van der Waals surface area contributed by atoms with Crippen LogP contribution in [0.3, 0.4) is 0 Å². The van der Waals surface area contributed by atoms with Crippen molar-refractivity contribution in [2.45, 2.75) is 19.4 Å². The molecule has 0 aliphatic carbocycles. The van der Waals surface area contributed by atoms with Gasteiger partial charge >= 0.3 is 0 Å². The van der Waals surface area contributed by atoms with Gasteiger partial charge in [0.15, 0.2) is 0 Å². The fraction of sp³-hybridized carbons (Fsp3) is 0.316. The first-order valence-electron chi connectivity index (χ1n) is 8.71. The number of anilines is 2. The number of halogens is 1. The van der Waals surface area contributed by atoms with Gasteiger partial charge in [0.1, 0.15) is 5.82 Å². The lowest BCUT2D eigenvalue weighted by Gasteiger charge is -2.31. The summed E-state index contributed by atoms with van der Waals surface area (Å²) in [5, 5.41) is 7.85. The van der Waals surface area contributed by atoms with Crippen LogP contribution in [0.4, 0.5) is 11.8 Å². The molecule has 142 valence electrons. The van der Waals surface area contributed by atoms with Gasteiger partial charge in [-0.3, -0.25) is 0 Å². The van der Waals surface area contributed by atoms with Crippen LogP contribution in [0.5, 0.6) is 0 Å². The van der Waals surface area contributed by atoms with E-state index < -0.39 is 0 Å².